The van der Waals surface area contributed by atoms with Crippen LogP contribution in [0.25, 0.3) is 0 Å². The number of hydrogen-bond acceptors (Lipinski definition) is 4. The molecule has 0 aliphatic carbocycles. The van der Waals surface area contributed by atoms with Crippen molar-refractivity contribution in [3.8, 4) is 0 Å². The van der Waals surface area contributed by atoms with Crippen molar-refractivity contribution >= 4 is 0 Å². The average molecular weight is 271 g/mol. The number of nitrogens with zero attached hydrogens (tertiary/aromatic N) is 2. The van der Waals surface area contributed by atoms with E-state index in [1.807, 2.05) is 0 Å². The van der Waals surface area contributed by atoms with Crippen LogP contribution in [0.5, 0.6) is 0 Å². The van der Waals surface area contributed by atoms with Crippen LogP contribution < -0.4 is 5.32 Å². The first kappa shape index (κ1) is 16.9. The SMILES string of the molecule is COCCNCCCCN(C)CC1CCN(C)CC1. The summed E-state index contributed by atoms with van der Waals surface area (Å²) in [7, 11) is 6.26. The van der Waals surface area contributed by atoms with Gasteiger partial charge in [-0.2, -0.15) is 0 Å². The summed E-state index contributed by atoms with van der Waals surface area (Å²) in [6.07, 6.45) is 5.31. The van der Waals surface area contributed by atoms with Crippen LogP contribution in [-0.2, 0) is 4.74 Å². The van der Waals surface area contributed by atoms with Crippen LogP contribution >= 0.6 is 0 Å². The molecule has 0 amide bonds. The molecule has 1 aliphatic heterocycles. The quantitative estimate of drug-likeness (QED) is 0.606. The van der Waals surface area contributed by atoms with Gasteiger partial charge in [-0.15, -0.1) is 0 Å². The zero-order valence-electron chi connectivity index (χ0n) is 13.2. The predicted molar refractivity (Wildman–Crippen MR) is 81.7 cm³/mol. The lowest BCUT2D eigenvalue weighted by molar-refractivity contribution is 0.175. The van der Waals surface area contributed by atoms with Crippen LogP contribution in [0.3, 0.4) is 0 Å². The number of ether oxygens (including phenoxy) is 1. The van der Waals surface area contributed by atoms with E-state index in [1.54, 1.807) is 7.11 Å². The summed E-state index contributed by atoms with van der Waals surface area (Å²) < 4.78 is 5.00. The zero-order valence-corrected chi connectivity index (χ0v) is 13.2. The summed E-state index contributed by atoms with van der Waals surface area (Å²) in [5, 5.41) is 3.40. The highest BCUT2D eigenvalue weighted by Gasteiger charge is 2.17. The van der Waals surface area contributed by atoms with Crippen LogP contribution in [0.2, 0.25) is 0 Å². The molecule has 0 atom stereocenters. The van der Waals surface area contributed by atoms with E-state index in [0.29, 0.717) is 0 Å². The molecule has 0 unspecified atom stereocenters. The number of likely N-dealkylation sites (tertiary alicyclic amines) is 1. The first-order valence-corrected chi connectivity index (χ1v) is 7.79. The monoisotopic (exact) mass is 271 g/mol. The van der Waals surface area contributed by atoms with Crippen LogP contribution in [0, 0.1) is 5.92 Å². The minimum Gasteiger partial charge on any atom is -0.383 e. The van der Waals surface area contributed by atoms with Gasteiger partial charge in [0.2, 0.25) is 0 Å². The molecule has 0 spiro atoms. The zero-order chi connectivity index (χ0) is 13.9. The summed E-state index contributed by atoms with van der Waals surface area (Å²) >= 11 is 0. The Morgan fingerprint density at radius 1 is 1.21 bits per heavy atom. The lowest BCUT2D eigenvalue weighted by Gasteiger charge is -2.31. The number of piperidine rings is 1. The van der Waals surface area contributed by atoms with Crippen molar-refractivity contribution in [1.82, 2.24) is 15.1 Å². The predicted octanol–water partition coefficient (Wildman–Crippen LogP) is 1.28. The Hall–Kier alpha value is -0.160. The molecule has 19 heavy (non-hydrogen) atoms. The Kier molecular flexibility index (Phi) is 9.43. The fourth-order valence-electron chi connectivity index (χ4n) is 2.71. The van der Waals surface area contributed by atoms with Gasteiger partial charge in [-0.1, -0.05) is 0 Å². The number of rotatable bonds is 10. The topological polar surface area (TPSA) is 27.7 Å². The Balaban J connectivity index is 1.91. The third-order valence-electron chi connectivity index (χ3n) is 4.03. The molecule has 1 heterocycles. The summed E-state index contributed by atoms with van der Waals surface area (Å²) in [6.45, 7) is 7.98. The second-order valence-electron chi connectivity index (χ2n) is 5.96. The maximum Gasteiger partial charge on any atom is 0.0587 e. The molecule has 0 radical (unpaired) electrons. The highest BCUT2D eigenvalue weighted by molar-refractivity contribution is 4.72. The van der Waals surface area contributed by atoms with E-state index in [9.17, 15) is 0 Å². The largest absolute Gasteiger partial charge is 0.383 e. The molecule has 114 valence electrons. The molecule has 1 N–H and O–H groups in total. The van der Waals surface area contributed by atoms with Gasteiger partial charge in [0, 0.05) is 20.2 Å². The molecule has 0 aromatic rings. The van der Waals surface area contributed by atoms with Crippen molar-refractivity contribution in [1.29, 1.82) is 0 Å². The second-order valence-corrected chi connectivity index (χ2v) is 5.96. The van der Waals surface area contributed by atoms with Crippen molar-refractivity contribution < 1.29 is 4.74 Å². The van der Waals surface area contributed by atoms with E-state index >= 15 is 0 Å². The van der Waals surface area contributed by atoms with E-state index in [-0.39, 0.29) is 0 Å². The highest BCUT2D eigenvalue weighted by Crippen LogP contribution is 2.16. The maximum atomic E-state index is 5.00. The summed E-state index contributed by atoms with van der Waals surface area (Å²) in [5.74, 6) is 0.918. The van der Waals surface area contributed by atoms with Gasteiger partial charge in [0.05, 0.1) is 6.61 Å². The second kappa shape index (κ2) is 10.6. The molecule has 0 aromatic carbocycles. The van der Waals surface area contributed by atoms with Gasteiger partial charge in [0.1, 0.15) is 0 Å². The number of hydrogen-bond donors (Lipinski definition) is 1. The van der Waals surface area contributed by atoms with Crippen molar-refractivity contribution in [2.24, 2.45) is 5.92 Å². The van der Waals surface area contributed by atoms with E-state index in [1.165, 1.54) is 51.9 Å². The molecule has 1 aliphatic rings. The highest BCUT2D eigenvalue weighted by atomic mass is 16.5. The van der Waals surface area contributed by atoms with Crippen molar-refractivity contribution in [2.45, 2.75) is 25.7 Å². The molecule has 1 fully saturated rings. The van der Waals surface area contributed by atoms with Crippen molar-refractivity contribution in [3.63, 3.8) is 0 Å². The van der Waals surface area contributed by atoms with Crippen LogP contribution in [0.4, 0.5) is 0 Å². The lowest BCUT2D eigenvalue weighted by atomic mass is 9.96. The van der Waals surface area contributed by atoms with Gasteiger partial charge in [-0.05, 0) is 71.9 Å². The maximum absolute atomic E-state index is 5.00. The molecule has 0 bridgehead atoms. The Morgan fingerprint density at radius 2 is 1.95 bits per heavy atom. The van der Waals surface area contributed by atoms with E-state index in [2.05, 4.69) is 29.2 Å². The van der Waals surface area contributed by atoms with Crippen LogP contribution in [0.1, 0.15) is 25.7 Å². The van der Waals surface area contributed by atoms with Crippen molar-refractivity contribution in [2.75, 3.05) is 67.1 Å². The summed E-state index contributed by atoms with van der Waals surface area (Å²) in [5.41, 5.74) is 0. The van der Waals surface area contributed by atoms with Crippen LogP contribution in [0.15, 0.2) is 0 Å². The molecular formula is C15H33N3O. The van der Waals surface area contributed by atoms with Gasteiger partial charge in [-0.3, -0.25) is 0 Å². The van der Waals surface area contributed by atoms with E-state index in [4.69, 9.17) is 4.74 Å². The smallest absolute Gasteiger partial charge is 0.0587 e. The Bertz CT molecular complexity index is 206. The first-order chi connectivity index (χ1) is 9.22. The number of nitrogens with one attached hydrogen (secondary N) is 1. The number of unbranched alkanes of at least 4 members (excludes halogenated alkanes) is 1. The third kappa shape index (κ3) is 8.58. The third-order valence-corrected chi connectivity index (χ3v) is 4.03. The molecule has 0 saturated carbocycles. The Morgan fingerprint density at radius 3 is 2.63 bits per heavy atom. The van der Waals surface area contributed by atoms with Crippen molar-refractivity contribution in [3.05, 3.63) is 0 Å². The fourth-order valence-corrected chi connectivity index (χ4v) is 2.71. The molecule has 4 nitrogen and oxygen atoms in total. The number of methoxy groups -OCH3 is 1. The molecular weight excluding hydrogens is 238 g/mol. The van der Waals surface area contributed by atoms with Gasteiger partial charge >= 0.3 is 0 Å². The van der Waals surface area contributed by atoms with Gasteiger partial charge in [0.15, 0.2) is 0 Å². The lowest BCUT2D eigenvalue weighted by Crippen LogP contribution is -2.36. The Labute approximate surface area is 119 Å². The van der Waals surface area contributed by atoms with Gasteiger partial charge in [-0.25, -0.2) is 0 Å². The fraction of sp³-hybridized carbons (Fsp3) is 1.00. The van der Waals surface area contributed by atoms with Gasteiger partial charge in [0.25, 0.3) is 0 Å². The first-order valence-electron chi connectivity index (χ1n) is 7.79. The molecule has 1 rings (SSSR count). The minimum atomic E-state index is 0.816. The normalized spacial score (nSPS) is 18.3. The van der Waals surface area contributed by atoms with E-state index in [0.717, 1.165) is 25.6 Å². The summed E-state index contributed by atoms with van der Waals surface area (Å²) in [4.78, 5) is 4.97. The summed E-state index contributed by atoms with van der Waals surface area (Å²) in [6, 6.07) is 0. The molecule has 0 aromatic heterocycles. The average Bonchev–Trinajstić information content (AvgIpc) is 2.40. The molecule has 4 heteroatoms. The van der Waals surface area contributed by atoms with E-state index < -0.39 is 0 Å². The standard InChI is InChI=1S/C15H33N3O/c1-17-11-6-15(7-12-17)14-18(2)10-5-4-8-16-9-13-19-3/h15-16H,4-14H2,1-3H3. The van der Waals surface area contributed by atoms with Crippen LogP contribution in [-0.4, -0.2) is 76.9 Å². The van der Waals surface area contributed by atoms with Gasteiger partial charge < -0.3 is 19.9 Å². The minimum absolute atomic E-state index is 0.816. The molecule has 1 saturated heterocycles.